The first-order valence-corrected chi connectivity index (χ1v) is 11.8. The minimum atomic E-state index is 0.122. The lowest BCUT2D eigenvalue weighted by molar-refractivity contribution is -0.126. The fraction of sp³-hybridized carbons (Fsp3) is 0.667. The van der Waals surface area contributed by atoms with E-state index in [0.717, 1.165) is 75.2 Å². The molecule has 1 aromatic rings. The molecule has 2 unspecified atom stereocenters. The molecule has 3 N–H and O–H groups in total. The van der Waals surface area contributed by atoms with E-state index in [1.54, 1.807) is 0 Å². The van der Waals surface area contributed by atoms with Gasteiger partial charge in [-0.15, -0.1) is 0 Å². The number of aliphatic imine (C=N–C) groups is 1. The lowest BCUT2D eigenvalue weighted by Gasteiger charge is -2.30. The van der Waals surface area contributed by atoms with Crippen LogP contribution in [0.1, 0.15) is 70.3 Å². The summed E-state index contributed by atoms with van der Waals surface area (Å²) in [7, 11) is 0. The molecule has 2 atom stereocenters. The Kier molecular flexibility index (Phi) is 7.13. The largest absolute Gasteiger partial charge is 0.490 e. The molecule has 1 amide bonds. The standard InChI is InChI=1S/C24H36N4O2/c1-2-25-24(26-16-18-7-3-4-12-22(18)30-21-10-6-11-21)28-20-9-5-8-17(15-20)23(29)27-19-13-14-19/h3-4,7,12,17,19-21H,2,5-6,8-11,13-16H2,1H3,(H,27,29)(H2,25,26,28). The average molecular weight is 413 g/mol. The van der Waals surface area contributed by atoms with Gasteiger partial charge in [-0.1, -0.05) is 24.6 Å². The van der Waals surface area contributed by atoms with Gasteiger partial charge < -0.3 is 20.7 Å². The van der Waals surface area contributed by atoms with Gasteiger partial charge in [0.2, 0.25) is 5.91 Å². The summed E-state index contributed by atoms with van der Waals surface area (Å²) in [4.78, 5) is 17.3. The fourth-order valence-corrected chi connectivity index (χ4v) is 4.20. The molecule has 1 aromatic carbocycles. The highest BCUT2D eigenvalue weighted by atomic mass is 16.5. The number of hydrogen-bond acceptors (Lipinski definition) is 3. The summed E-state index contributed by atoms with van der Waals surface area (Å²) in [6.07, 6.45) is 10.3. The molecule has 0 aromatic heterocycles. The number of nitrogens with one attached hydrogen (secondary N) is 3. The summed E-state index contributed by atoms with van der Waals surface area (Å²) in [5.41, 5.74) is 1.12. The molecular weight excluding hydrogens is 376 g/mol. The van der Waals surface area contributed by atoms with Crippen LogP contribution in [0.5, 0.6) is 5.75 Å². The van der Waals surface area contributed by atoms with E-state index >= 15 is 0 Å². The van der Waals surface area contributed by atoms with Gasteiger partial charge in [-0.05, 0) is 64.4 Å². The molecule has 0 saturated heterocycles. The molecule has 0 bridgehead atoms. The Morgan fingerprint density at radius 3 is 2.57 bits per heavy atom. The molecule has 6 heteroatoms. The molecule has 0 aliphatic heterocycles. The van der Waals surface area contributed by atoms with E-state index in [4.69, 9.17) is 9.73 Å². The van der Waals surface area contributed by atoms with E-state index in [2.05, 4.69) is 28.9 Å². The molecule has 6 nitrogen and oxygen atoms in total. The second kappa shape index (κ2) is 10.2. The maximum absolute atomic E-state index is 12.5. The van der Waals surface area contributed by atoms with Crippen molar-refractivity contribution >= 4 is 11.9 Å². The number of nitrogens with zero attached hydrogens (tertiary/aromatic N) is 1. The third-order valence-corrected chi connectivity index (χ3v) is 6.38. The monoisotopic (exact) mass is 412 g/mol. The number of carbonyl (C=O) groups excluding carboxylic acids is 1. The van der Waals surface area contributed by atoms with Crippen molar-refractivity contribution in [3.63, 3.8) is 0 Å². The van der Waals surface area contributed by atoms with Gasteiger partial charge in [0.25, 0.3) is 0 Å². The summed E-state index contributed by atoms with van der Waals surface area (Å²) in [6, 6.07) is 8.94. The number of para-hydroxylation sites is 1. The van der Waals surface area contributed by atoms with Gasteiger partial charge in [-0.2, -0.15) is 0 Å². The predicted octanol–water partition coefficient (Wildman–Crippen LogP) is 3.51. The molecule has 4 rings (SSSR count). The fourth-order valence-electron chi connectivity index (χ4n) is 4.20. The second-order valence-corrected chi connectivity index (χ2v) is 8.96. The molecule has 0 radical (unpaired) electrons. The lowest BCUT2D eigenvalue weighted by Crippen LogP contribution is -2.47. The van der Waals surface area contributed by atoms with Crippen molar-refractivity contribution in [3.8, 4) is 5.75 Å². The first-order chi connectivity index (χ1) is 14.7. The van der Waals surface area contributed by atoms with Crippen LogP contribution in [0.2, 0.25) is 0 Å². The molecule has 3 aliphatic rings. The highest BCUT2D eigenvalue weighted by Crippen LogP contribution is 2.28. The van der Waals surface area contributed by atoms with Crippen LogP contribution in [0, 0.1) is 5.92 Å². The highest BCUT2D eigenvalue weighted by Gasteiger charge is 2.31. The molecule has 3 aliphatic carbocycles. The number of ether oxygens (including phenoxy) is 1. The van der Waals surface area contributed by atoms with Crippen LogP contribution >= 0.6 is 0 Å². The SMILES string of the molecule is CCNC(=NCc1ccccc1OC1CCC1)NC1CCCC(C(=O)NC2CC2)C1. The molecule has 164 valence electrons. The Morgan fingerprint density at radius 1 is 1.03 bits per heavy atom. The maximum atomic E-state index is 12.5. The van der Waals surface area contributed by atoms with Gasteiger partial charge in [-0.25, -0.2) is 4.99 Å². The first-order valence-electron chi connectivity index (χ1n) is 11.8. The topological polar surface area (TPSA) is 74.8 Å². The number of benzene rings is 1. The summed E-state index contributed by atoms with van der Waals surface area (Å²) < 4.78 is 6.15. The quantitative estimate of drug-likeness (QED) is 0.451. The van der Waals surface area contributed by atoms with Crippen molar-refractivity contribution in [2.24, 2.45) is 10.9 Å². The molecule has 3 fully saturated rings. The van der Waals surface area contributed by atoms with Gasteiger partial charge in [0.15, 0.2) is 5.96 Å². The van der Waals surface area contributed by atoms with Crippen molar-refractivity contribution in [2.75, 3.05) is 6.54 Å². The van der Waals surface area contributed by atoms with E-state index in [1.807, 2.05) is 18.2 Å². The second-order valence-electron chi connectivity index (χ2n) is 8.96. The summed E-state index contributed by atoms with van der Waals surface area (Å²) in [5.74, 6) is 2.14. The zero-order valence-corrected chi connectivity index (χ0v) is 18.2. The normalized spacial score (nSPS) is 24.6. The van der Waals surface area contributed by atoms with Gasteiger partial charge >= 0.3 is 0 Å². The third kappa shape index (κ3) is 5.89. The molecule has 30 heavy (non-hydrogen) atoms. The van der Waals surface area contributed by atoms with Crippen LogP contribution in [0.3, 0.4) is 0 Å². The van der Waals surface area contributed by atoms with Crippen molar-refractivity contribution < 1.29 is 9.53 Å². The van der Waals surface area contributed by atoms with Crippen LogP contribution in [0.15, 0.2) is 29.3 Å². The third-order valence-electron chi connectivity index (χ3n) is 6.38. The Balaban J connectivity index is 1.35. The van der Waals surface area contributed by atoms with Gasteiger partial charge in [-0.3, -0.25) is 4.79 Å². The maximum Gasteiger partial charge on any atom is 0.223 e. The number of carbonyl (C=O) groups is 1. The zero-order chi connectivity index (χ0) is 20.8. The highest BCUT2D eigenvalue weighted by molar-refractivity contribution is 5.81. The van der Waals surface area contributed by atoms with Crippen LogP contribution in [-0.4, -0.2) is 36.6 Å². The van der Waals surface area contributed by atoms with Crippen molar-refractivity contribution in [1.82, 2.24) is 16.0 Å². The Hall–Kier alpha value is -2.24. The van der Waals surface area contributed by atoms with Crippen LogP contribution in [0.4, 0.5) is 0 Å². The van der Waals surface area contributed by atoms with Gasteiger partial charge in [0, 0.05) is 30.1 Å². The average Bonchev–Trinajstić information content (AvgIpc) is 3.54. The van der Waals surface area contributed by atoms with Crippen LogP contribution in [-0.2, 0) is 11.3 Å². The van der Waals surface area contributed by atoms with E-state index in [9.17, 15) is 4.79 Å². The predicted molar refractivity (Wildman–Crippen MR) is 120 cm³/mol. The van der Waals surface area contributed by atoms with Crippen LogP contribution in [0.25, 0.3) is 0 Å². The molecule has 0 heterocycles. The van der Waals surface area contributed by atoms with Crippen LogP contribution < -0.4 is 20.7 Å². The Bertz CT molecular complexity index is 742. The number of rotatable bonds is 8. The summed E-state index contributed by atoms with van der Waals surface area (Å²) in [5, 5.41) is 10.1. The van der Waals surface area contributed by atoms with E-state index in [1.165, 1.54) is 6.42 Å². The van der Waals surface area contributed by atoms with E-state index in [0.29, 0.717) is 18.7 Å². The number of amides is 1. The number of guanidine groups is 1. The summed E-state index contributed by atoms with van der Waals surface area (Å²) in [6.45, 7) is 3.47. The van der Waals surface area contributed by atoms with E-state index < -0.39 is 0 Å². The Morgan fingerprint density at radius 2 is 1.83 bits per heavy atom. The van der Waals surface area contributed by atoms with Gasteiger partial charge in [0.1, 0.15) is 5.75 Å². The lowest BCUT2D eigenvalue weighted by atomic mass is 9.85. The first kappa shape index (κ1) is 21.0. The van der Waals surface area contributed by atoms with Crippen molar-refractivity contribution in [2.45, 2.75) is 89.4 Å². The molecule has 0 spiro atoms. The minimum Gasteiger partial charge on any atom is -0.490 e. The van der Waals surface area contributed by atoms with Crippen molar-refractivity contribution in [1.29, 1.82) is 0 Å². The van der Waals surface area contributed by atoms with E-state index in [-0.39, 0.29) is 17.9 Å². The molecular formula is C24H36N4O2. The van der Waals surface area contributed by atoms with Gasteiger partial charge in [0.05, 0.1) is 12.6 Å². The minimum absolute atomic E-state index is 0.122. The zero-order valence-electron chi connectivity index (χ0n) is 18.2. The molecule has 3 saturated carbocycles. The summed E-state index contributed by atoms with van der Waals surface area (Å²) >= 11 is 0. The van der Waals surface area contributed by atoms with Crippen molar-refractivity contribution in [3.05, 3.63) is 29.8 Å². The smallest absolute Gasteiger partial charge is 0.223 e. The number of hydrogen-bond donors (Lipinski definition) is 3. The Labute approximate surface area is 180 Å².